The summed E-state index contributed by atoms with van der Waals surface area (Å²) in [6, 6.07) is 8.67. The van der Waals surface area contributed by atoms with E-state index in [1.807, 2.05) is 6.07 Å². The highest BCUT2D eigenvalue weighted by atomic mass is 16.3. The predicted molar refractivity (Wildman–Crippen MR) is 117 cm³/mol. The Morgan fingerprint density at radius 1 is 1.23 bits per heavy atom. The molecule has 1 fully saturated rings. The maximum Gasteiger partial charge on any atom is 0.326 e. The Hall–Kier alpha value is -3.88. The van der Waals surface area contributed by atoms with Crippen LogP contribution in [0.5, 0.6) is 5.88 Å². The molecule has 0 bridgehead atoms. The summed E-state index contributed by atoms with van der Waals surface area (Å²) in [5, 5.41) is 18.4. The third-order valence-corrected chi connectivity index (χ3v) is 5.13. The van der Waals surface area contributed by atoms with Crippen molar-refractivity contribution in [3.8, 4) is 5.88 Å². The number of hydrogen-bond acceptors (Lipinski definition) is 6. The number of aryl methyl sites for hydroxylation is 2. The van der Waals surface area contributed by atoms with Crippen molar-refractivity contribution < 1.29 is 5.11 Å². The van der Waals surface area contributed by atoms with Crippen LogP contribution in [0.3, 0.4) is 0 Å². The summed E-state index contributed by atoms with van der Waals surface area (Å²) >= 11 is 0. The van der Waals surface area contributed by atoms with Crippen molar-refractivity contribution in [3.63, 3.8) is 0 Å². The van der Waals surface area contributed by atoms with Gasteiger partial charge in [0.15, 0.2) is 11.1 Å². The van der Waals surface area contributed by atoms with Gasteiger partial charge in [-0.1, -0.05) is 29.3 Å². The van der Waals surface area contributed by atoms with Gasteiger partial charge in [0, 0.05) is 17.8 Å². The molecule has 0 aliphatic heterocycles. The Labute approximate surface area is 177 Å². The van der Waals surface area contributed by atoms with Crippen molar-refractivity contribution in [2.24, 2.45) is 4.99 Å². The van der Waals surface area contributed by atoms with E-state index in [0.29, 0.717) is 29.3 Å². The SMILES string of the molecule is Cc1cc(C)cc(CNc2cc(=NC3CC3)n3ncc(=Cc4[nH]c(=O)[nH]c4O)c3n2)c1. The average molecular weight is 417 g/mol. The molecule has 0 saturated heterocycles. The van der Waals surface area contributed by atoms with Crippen LogP contribution < -0.4 is 21.7 Å². The third kappa shape index (κ3) is 4.07. The molecule has 1 saturated carbocycles. The summed E-state index contributed by atoms with van der Waals surface area (Å²) in [6.45, 7) is 4.80. The molecular weight excluding hydrogens is 394 g/mol. The lowest BCUT2D eigenvalue weighted by atomic mass is 10.1. The molecule has 31 heavy (non-hydrogen) atoms. The number of fused-ring (bicyclic) bond motifs is 1. The number of anilines is 1. The predicted octanol–water partition coefficient (Wildman–Crippen LogP) is 1.29. The number of rotatable bonds is 5. The zero-order valence-corrected chi connectivity index (χ0v) is 17.3. The van der Waals surface area contributed by atoms with Gasteiger partial charge in [-0.05, 0) is 38.3 Å². The van der Waals surface area contributed by atoms with Gasteiger partial charge in [-0.3, -0.25) is 9.98 Å². The van der Waals surface area contributed by atoms with Crippen LogP contribution in [-0.2, 0) is 6.54 Å². The number of hydrogen-bond donors (Lipinski definition) is 4. The fourth-order valence-corrected chi connectivity index (χ4v) is 3.65. The number of benzene rings is 1. The summed E-state index contributed by atoms with van der Waals surface area (Å²) in [5.41, 5.74) is 4.72. The minimum atomic E-state index is -0.478. The summed E-state index contributed by atoms with van der Waals surface area (Å²) in [5.74, 6) is 0.462. The van der Waals surface area contributed by atoms with E-state index in [-0.39, 0.29) is 11.6 Å². The maximum atomic E-state index is 11.5. The first-order valence-electron chi connectivity index (χ1n) is 10.2. The minimum Gasteiger partial charge on any atom is -0.493 e. The summed E-state index contributed by atoms with van der Waals surface area (Å²) in [6.07, 6.45) is 5.44. The van der Waals surface area contributed by atoms with Gasteiger partial charge >= 0.3 is 5.69 Å². The second kappa shape index (κ2) is 7.42. The number of aromatic hydroxyl groups is 1. The van der Waals surface area contributed by atoms with E-state index >= 15 is 0 Å². The standard InChI is InChI=1S/C22H23N7O2/c1-12-5-13(2)7-14(6-12)10-23-18-9-19(25-16-3-4-16)29-20(27-18)15(11-24-29)8-17-21(30)28-22(31)26-17/h5-9,11,16,23,30H,3-4,10H2,1-2H3,(H2,26,28,31). The van der Waals surface area contributed by atoms with Crippen LogP contribution in [0.15, 0.2) is 40.2 Å². The Bertz CT molecular complexity index is 1440. The molecule has 9 nitrogen and oxygen atoms in total. The van der Waals surface area contributed by atoms with Gasteiger partial charge in [0.05, 0.1) is 12.2 Å². The number of aromatic nitrogens is 5. The lowest BCUT2D eigenvalue weighted by Crippen LogP contribution is -2.20. The number of aromatic amines is 2. The number of nitrogens with one attached hydrogen (secondary N) is 3. The molecule has 1 aromatic carbocycles. The van der Waals surface area contributed by atoms with Crippen molar-refractivity contribution >= 4 is 17.5 Å². The quantitative estimate of drug-likeness (QED) is 0.390. The fraction of sp³-hybridized carbons (Fsp3) is 0.273. The highest BCUT2D eigenvalue weighted by Crippen LogP contribution is 2.22. The van der Waals surface area contributed by atoms with Gasteiger partial charge in [-0.15, -0.1) is 0 Å². The Morgan fingerprint density at radius 2 is 2.00 bits per heavy atom. The number of H-pyrrole nitrogens is 2. The van der Waals surface area contributed by atoms with Crippen LogP contribution in [0.25, 0.3) is 11.7 Å². The Kier molecular flexibility index (Phi) is 4.58. The maximum absolute atomic E-state index is 11.5. The van der Waals surface area contributed by atoms with Gasteiger partial charge in [0.1, 0.15) is 11.5 Å². The zero-order valence-electron chi connectivity index (χ0n) is 17.3. The normalized spacial score (nSPS) is 15.2. The van der Waals surface area contributed by atoms with Crippen molar-refractivity contribution in [1.29, 1.82) is 0 Å². The number of nitrogens with zero attached hydrogens (tertiary/aromatic N) is 4. The molecule has 0 radical (unpaired) electrons. The van der Waals surface area contributed by atoms with E-state index < -0.39 is 5.69 Å². The lowest BCUT2D eigenvalue weighted by molar-refractivity contribution is 0.454. The molecule has 0 atom stereocenters. The van der Waals surface area contributed by atoms with E-state index in [2.05, 4.69) is 52.4 Å². The van der Waals surface area contributed by atoms with E-state index in [1.165, 1.54) is 16.7 Å². The smallest absolute Gasteiger partial charge is 0.326 e. The summed E-state index contributed by atoms with van der Waals surface area (Å²) in [4.78, 5) is 25.8. The van der Waals surface area contributed by atoms with Crippen LogP contribution in [0.2, 0.25) is 0 Å². The van der Waals surface area contributed by atoms with E-state index in [9.17, 15) is 9.90 Å². The first kappa shape index (κ1) is 19.1. The lowest BCUT2D eigenvalue weighted by Gasteiger charge is -2.08. The Balaban J connectivity index is 1.58. The van der Waals surface area contributed by atoms with Crippen LogP contribution in [0, 0.1) is 13.8 Å². The zero-order chi connectivity index (χ0) is 21.5. The highest BCUT2D eigenvalue weighted by Gasteiger charge is 2.20. The average Bonchev–Trinajstić information content (AvgIpc) is 3.34. The topological polar surface area (TPSA) is 123 Å². The van der Waals surface area contributed by atoms with Crippen LogP contribution >= 0.6 is 0 Å². The van der Waals surface area contributed by atoms with Crippen LogP contribution in [0.1, 0.15) is 35.2 Å². The molecular formula is C22H23N7O2. The minimum absolute atomic E-state index is 0.226. The van der Waals surface area contributed by atoms with Crippen molar-refractivity contribution in [3.05, 3.63) is 74.0 Å². The molecule has 3 heterocycles. The molecule has 5 rings (SSSR count). The molecule has 0 amide bonds. The van der Waals surface area contributed by atoms with Crippen LogP contribution in [-0.4, -0.2) is 35.7 Å². The number of imidazole rings is 1. The second-order valence-electron chi connectivity index (χ2n) is 8.03. The molecule has 0 spiro atoms. The molecule has 4 aromatic rings. The molecule has 0 unspecified atom stereocenters. The molecule has 9 heteroatoms. The summed E-state index contributed by atoms with van der Waals surface area (Å²) in [7, 11) is 0. The van der Waals surface area contributed by atoms with Crippen molar-refractivity contribution in [2.75, 3.05) is 5.32 Å². The van der Waals surface area contributed by atoms with Crippen molar-refractivity contribution in [1.82, 2.24) is 24.6 Å². The van der Waals surface area contributed by atoms with Gasteiger partial charge in [-0.2, -0.15) is 9.61 Å². The molecule has 3 aromatic heterocycles. The molecule has 1 aliphatic carbocycles. The highest BCUT2D eigenvalue weighted by molar-refractivity contribution is 5.58. The second-order valence-corrected chi connectivity index (χ2v) is 8.03. The third-order valence-electron chi connectivity index (χ3n) is 5.13. The first-order chi connectivity index (χ1) is 14.9. The first-order valence-corrected chi connectivity index (χ1v) is 10.2. The Morgan fingerprint density at radius 3 is 2.68 bits per heavy atom. The van der Waals surface area contributed by atoms with E-state index in [0.717, 1.165) is 18.3 Å². The van der Waals surface area contributed by atoms with Gasteiger partial charge in [0.25, 0.3) is 0 Å². The largest absolute Gasteiger partial charge is 0.493 e. The van der Waals surface area contributed by atoms with E-state index in [4.69, 9.17) is 9.98 Å². The molecule has 158 valence electrons. The van der Waals surface area contributed by atoms with E-state index in [1.54, 1.807) is 16.8 Å². The summed E-state index contributed by atoms with van der Waals surface area (Å²) < 4.78 is 1.69. The van der Waals surface area contributed by atoms with Crippen molar-refractivity contribution in [2.45, 2.75) is 39.3 Å². The molecule has 4 N–H and O–H groups in total. The van der Waals surface area contributed by atoms with Gasteiger partial charge in [0.2, 0.25) is 5.88 Å². The fourth-order valence-electron chi connectivity index (χ4n) is 3.65. The monoisotopic (exact) mass is 417 g/mol. The van der Waals surface area contributed by atoms with Gasteiger partial charge in [-0.25, -0.2) is 9.78 Å². The van der Waals surface area contributed by atoms with Gasteiger partial charge < -0.3 is 15.4 Å². The molecule has 1 aliphatic rings. The van der Waals surface area contributed by atoms with Crippen LogP contribution in [0.4, 0.5) is 5.82 Å².